The number of hydrogen-bond donors (Lipinski definition) is 0. The van der Waals surface area contributed by atoms with Crippen molar-refractivity contribution in [1.29, 1.82) is 0 Å². The Morgan fingerprint density at radius 1 is 1.17 bits per heavy atom. The van der Waals surface area contributed by atoms with Gasteiger partial charge in [-0.25, -0.2) is 0 Å². The summed E-state index contributed by atoms with van der Waals surface area (Å²) in [5, 5.41) is 0. The average Bonchev–Trinajstić information content (AvgIpc) is 1.41. The van der Waals surface area contributed by atoms with Gasteiger partial charge in [0.15, 0.2) is 0 Å². The van der Waals surface area contributed by atoms with Gasteiger partial charge in [0.1, 0.15) is 0 Å². The molecule has 0 saturated carbocycles. The Morgan fingerprint density at radius 3 is 1.50 bits per heavy atom. The Labute approximate surface area is 61.3 Å². The van der Waals surface area contributed by atoms with Gasteiger partial charge in [-0.05, 0) is 0 Å². The Kier molecular flexibility index (Phi) is 15.9. The van der Waals surface area contributed by atoms with E-state index in [1.165, 1.54) is 12.1 Å². The summed E-state index contributed by atoms with van der Waals surface area (Å²) >= 11 is 0. The van der Waals surface area contributed by atoms with E-state index in [1.807, 2.05) is 0 Å². The third kappa shape index (κ3) is 8.92. The molecule has 6 heavy (non-hydrogen) atoms. The summed E-state index contributed by atoms with van der Waals surface area (Å²) in [7, 11) is 0.432. The van der Waals surface area contributed by atoms with E-state index in [0.717, 1.165) is 0 Å². The zero-order valence-corrected chi connectivity index (χ0v) is 9.63. The summed E-state index contributed by atoms with van der Waals surface area (Å²) in [5.74, 6) is 0. The van der Waals surface area contributed by atoms with Crippen molar-refractivity contribution in [1.82, 2.24) is 0 Å². The van der Waals surface area contributed by atoms with Crippen LogP contribution in [0.1, 0.15) is 13.8 Å². The van der Waals surface area contributed by atoms with Crippen molar-refractivity contribution in [2.75, 3.05) is 0 Å². The molecule has 0 saturated heterocycles. The summed E-state index contributed by atoms with van der Waals surface area (Å²) in [5.41, 5.74) is 0. The van der Waals surface area contributed by atoms with Gasteiger partial charge in [0.05, 0.1) is 0 Å². The Morgan fingerprint density at radius 2 is 1.50 bits per heavy atom. The standard InChI is InChI=1S/C4H12Si.Hf/c1-3-5-4-2;/h3-5H2,1-2H3;. The predicted molar refractivity (Wildman–Crippen MR) is 29.5 cm³/mol. The number of hydrogen-bond acceptors (Lipinski definition) is 0. The van der Waals surface area contributed by atoms with E-state index in [1.54, 1.807) is 0 Å². The molecular formula is C4H12HfSi. The maximum atomic E-state index is 2.27. The third-order valence-electron chi connectivity index (χ3n) is 0.707. The predicted octanol–water partition coefficient (Wildman–Crippen LogP) is 1.03. The van der Waals surface area contributed by atoms with E-state index in [2.05, 4.69) is 13.8 Å². The molecule has 0 radical (unpaired) electrons. The van der Waals surface area contributed by atoms with Crippen LogP contribution >= 0.6 is 0 Å². The maximum Gasteiger partial charge on any atom is 0.0192 e. The first-order chi connectivity index (χ1) is 2.41. The molecule has 0 spiro atoms. The largest absolute Gasteiger partial charge is 0.0683 e. The van der Waals surface area contributed by atoms with Crippen LogP contribution in [0.25, 0.3) is 0 Å². The van der Waals surface area contributed by atoms with Crippen molar-refractivity contribution in [2.24, 2.45) is 0 Å². The molecule has 0 aliphatic heterocycles. The van der Waals surface area contributed by atoms with E-state index >= 15 is 0 Å². The average molecular weight is 267 g/mol. The maximum absolute atomic E-state index is 2.27. The van der Waals surface area contributed by atoms with Crippen molar-refractivity contribution in [3.05, 3.63) is 0 Å². The Balaban J connectivity index is 0. The molecule has 0 amide bonds. The van der Waals surface area contributed by atoms with Crippen molar-refractivity contribution in [3.8, 4) is 0 Å². The van der Waals surface area contributed by atoms with E-state index in [-0.39, 0.29) is 25.8 Å². The fraction of sp³-hybridized carbons (Fsp3) is 1.00. The molecule has 0 nitrogen and oxygen atoms in total. The molecule has 0 aromatic heterocycles. The molecule has 0 aromatic rings. The minimum absolute atomic E-state index is 0. The van der Waals surface area contributed by atoms with Gasteiger partial charge in [-0.2, -0.15) is 0 Å². The van der Waals surface area contributed by atoms with Crippen LogP contribution in [0.2, 0.25) is 12.1 Å². The molecule has 0 N–H and O–H groups in total. The van der Waals surface area contributed by atoms with Crippen LogP contribution < -0.4 is 0 Å². The Hall–Kier alpha value is 1.09. The summed E-state index contributed by atoms with van der Waals surface area (Å²) in [6.07, 6.45) is 0. The molecule has 0 aromatic carbocycles. The van der Waals surface area contributed by atoms with Crippen molar-refractivity contribution in [3.63, 3.8) is 0 Å². The fourth-order valence-electron chi connectivity index (χ4n) is 0.354. The minimum Gasteiger partial charge on any atom is -0.0683 e. The van der Waals surface area contributed by atoms with Gasteiger partial charge in [-0.3, -0.25) is 0 Å². The zero-order valence-electron chi connectivity index (χ0n) is 4.62. The molecule has 0 fully saturated rings. The van der Waals surface area contributed by atoms with Gasteiger partial charge in [0, 0.05) is 35.4 Å². The van der Waals surface area contributed by atoms with Crippen LogP contribution in [0, 0.1) is 0 Å². The van der Waals surface area contributed by atoms with E-state index in [0.29, 0.717) is 9.52 Å². The second kappa shape index (κ2) is 9.43. The SMILES string of the molecule is CC[SiH2]CC.[Hf]. The molecular weight excluding hydrogens is 255 g/mol. The summed E-state index contributed by atoms with van der Waals surface area (Å²) in [4.78, 5) is 0. The molecule has 36 valence electrons. The first-order valence-electron chi connectivity index (χ1n) is 2.41. The molecule has 0 atom stereocenters. The zero-order chi connectivity index (χ0) is 4.12. The van der Waals surface area contributed by atoms with Gasteiger partial charge in [0.2, 0.25) is 0 Å². The molecule has 0 heterocycles. The third-order valence-corrected chi connectivity index (χ3v) is 2.12. The van der Waals surface area contributed by atoms with Crippen molar-refractivity contribution in [2.45, 2.75) is 25.9 Å². The first kappa shape index (κ1) is 10.1. The second-order valence-electron chi connectivity index (χ2n) is 1.35. The van der Waals surface area contributed by atoms with Gasteiger partial charge in [0.25, 0.3) is 0 Å². The topological polar surface area (TPSA) is 0 Å². The second-order valence-corrected chi connectivity index (χ2v) is 4.06. The van der Waals surface area contributed by atoms with E-state index in [9.17, 15) is 0 Å². The smallest absolute Gasteiger partial charge is 0.0192 e. The van der Waals surface area contributed by atoms with Crippen LogP contribution in [-0.2, 0) is 25.8 Å². The van der Waals surface area contributed by atoms with Crippen LogP contribution in [0.15, 0.2) is 0 Å². The van der Waals surface area contributed by atoms with E-state index in [4.69, 9.17) is 0 Å². The molecule has 2 heteroatoms. The molecule has 0 rings (SSSR count). The summed E-state index contributed by atoms with van der Waals surface area (Å²) in [6.45, 7) is 4.55. The molecule has 0 bridgehead atoms. The summed E-state index contributed by atoms with van der Waals surface area (Å²) in [6, 6.07) is 2.97. The Bertz CT molecular complexity index is 15.0. The monoisotopic (exact) mass is 268 g/mol. The van der Waals surface area contributed by atoms with Crippen molar-refractivity contribution >= 4 is 9.52 Å². The van der Waals surface area contributed by atoms with Crippen LogP contribution in [0.3, 0.4) is 0 Å². The first-order valence-corrected chi connectivity index (χ1v) is 4.41. The summed E-state index contributed by atoms with van der Waals surface area (Å²) < 4.78 is 0. The molecule has 0 aliphatic rings. The quantitative estimate of drug-likeness (QED) is 0.655. The van der Waals surface area contributed by atoms with Crippen molar-refractivity contribution < 1.29 is 25.8 Å². The van der Waals surface area contributed by atoms with Gasteiger partial charge >= 0.3 is 0 Å². The van der Waals surface area contributed by atoms with Gasteiger partial charge in [-0.1, -0.05) is 25.9 Å². The van der Waals surface area contributed by atoms with Gasteiger partial charge < -0.3 is 0 Å². The molecule has 0 unspecified atom stereocenters. The van der Waals surface area contributed by atoms with Crippen LogP contribution in [-0.4, -0.2) is 9.52 Å². The minimum atomic E-state index is 0. The van der Waals surface area contributed by atoms with Crippen LogP contribution in [0.5, 0.6) is 0 Å². The van der Waals surface area contributed by atoms with Crippen LogP contribution in [0.4, 0.5) is 0 Å². The fourth-order valence-corrected chi connectivity index (χ4v) is 1.06. The van der Waals surface area contributed by atoms with E-state index < -0.39 is 0 Å². The number of rotatable bonds is 2. The normalized spacial score (nSPS) is 7.00. The van der Waals surface area contributed by atoms with Gasteiger partial charge in [-0.15, -0.1) is 0 Å². The molecule has 0 aliphatic carbocycles.